The molecule has 0 radical (unpaired) electrons. The number of hydrogen-bond donors (Lipinski definition) is 3. The van der Waals surface area contributed by atoms with Crippen LogP contribution in [0.3, 0.4) is 0 Å². The Morgan fingerprint density at radius 1 is 1.30 bits per heavy atom. The molecule has 0 fully saturated rings. The number of benzene rings is 1. The smallest absolute Gasteiger partial charge is 0.330 e. The second-order valence-electron chi connectivity index (χ2n) is 5.90. The monoisotopic (exact) mass is 313 g/mol. The van der Waals surface area contributed by atoms with Crippen LogP contribution in [0, 0.1) is 6.92 Å². The van der Waals surface area contributed by atoms with Crippen LogP contribution >= 0.6 is 0 Å². The van der Waals surface area contributed by atoms with E-state index in [1.807, 2.05) is 13.0 Å². The van der Waals surface area contributed by atoms with Gasteiger partial charge in [-0.05, 0) is 38.2 Å². The van der Waals surface area contributed by atoms with Gasteiger partial charge in [0.05, 0.1) is 0 Å². The number of aliphatic carboxylic acids is 1. The van der Waals surface area contributed by atoms with Gasteiger partial charge in [0.25, 0.3) is 5.91 Å². The molecular formula is C17H19N3O3. The molecule has 1 atom stereocenters. The molecule has 1 unspecified atom stereocenters. The zero-order valence-corrected chi connectivity index (χ0v) is 12.9. The molecule has 1 aliphatic rings. The lowest BCUT2D eigenvalue weighted by Gasteiger charge is -2.16. The van der Waals surface area contributed by atoms with E-state index in [0.29, 0.717) is 11.3 Å². The van der Waals surface area contributed by atoms with Crippen molar-refractivity contribution < 1.29 is 14.7 Å². The van der Waals surface area contributed by atoms with Gasteiger partial charge in [-0.15, -0.1) is 0 Å². The van der Waals surface area contributed by atoms with Gasteiger partial charge < -0.3 is 10.4 Å². The third-order valence-corrected chi connectivity index (χ3v) is 4.17. The first-order valence-corrected chi connectivity index (χ1v) is 7.72. The first kappa shape index (κ1) is 15.3. The maximum atomic E-state index is 12.5. The Morgan fingerprint density at radius 3 is 2.83 bits per heavy atom. The molecule has 1 heterocycles. The molecule has 0 saturated carbocycles. The number of carboxylic acid groups (broad SMARTS) is 1. The fourth-order valence-corrected chi connectivity index (χ4v) is 3.01. The van der Waals surface area contributed by atoms with Crippen molar-refractivity contribution in [3.8, 4) is 0 Å². The quantitative estimate of drug-likeness (QED) is 0.806. The van der Waals surface area contributed by atoms with Gasteiger partial charge in [-0.2, -0.15) is 5.10 Å². The Morgan fingerprint density at radius 2 is 2.09 bits per heavy atom. The highest BCUT2D eigenvalue weighted by atomic mass is 16.4. The number of nitrogens with one attached hydrogen (secondary N) is 2. The van der Waals surface area contributed by atoms with Crippen molar-refractivity contribution in [1.82, 2.24) is 15.5 Å². The molecule has 23 heavy (non-hydrogen) atoms. The molecule has 3 rings (SSSR count). The Hall–Kier alpha value is -2.63. The summed E-state index contributed by atoms with van der Waals surface area (Å²) in [5.74, 6) is -1.54. The fourth-order valence-electron chi connectivity index (χ4n) is 3.01. The van der Waals surface area contributed by atoms with Crippen LogP contribution in [0.4, 0.5) is 0 Å². The van der Waals surface area contributed by atoms with Crippen LogP contribution in [0.15, 0.2) is 24.3 Å². The molecule has 1 aromatic carbocycles. The summed E-state index contributed by atoms with van der Waals surface area (Å²) < 4.78 is 0. The Balaban J connectivity index is 1.85. The summed E-state index contributed by atoms with van der Waals surface area (Å²) in [5, 5.41) is 19.0. The van der Waals surface area contributed by atoms with Crippen molar-refractivity contribution in [1.29, 1.82) is 0 Å². The molecule has 2 aromatic rings. The summed E-state index contributed by atoms with van der Waals surface area (Å²) in [6.45, 7) is 1.88. The first-order chi connectivity index (χ1) is 11.1. The summed E-state index contributed by atoms with van der Waals surface area (Å²) in [7, 11) is 0. The maximum absolute atomic E-state index is 12.5. The zero-order chi connectivity index (χ0) is 16.4. The summed E-state index contributed by atoms with van der Waals surface area (Å²) >= 11 is 0. The molecule has 120 valence electrons. The highest BCUT2D eigenvalue weighted by Crippen LogP contribution is 2.23. The van der Waals surface area contributed by atoms with Gasteiger partial charge in [-0.1, -0.05) is 29.8 Å². The molecule has 0 spiro atoms. The van der Waals surface area contributed by atoms with E-state index in [0.717, 1.165) is 42.5 Å². The molecule has 1 aliphatic carbocycles. The molecule has 0 bridgehead atoms. The summed E-state index contributed by atoms with van der Waals surface area (Å²) in [6, 6.07) is 6.04. The van der Waals surface area contributed by atoms with E-state index in [1.165, 1.54) is 0 Å². The predicted molar refractivity (Wildman–Crippen MR) is 84.3 cm³/mol. The Labute approximate surface area is 133 Å². The minimum Gasteiger partial charge on any atom is -0.479 e. The number of aromatic amines is 1. The minimum absolute atomic E-state index is 0.318. The highest BCUT2D eigenvalue weighted by Gasteiger charge is 2.27. The summed E-state index contributed by atoms with van der Waals surface area (Å²) in [5.41, 5.74) is 3.72. The number of rotatable bonds is 4. The number of fused-ring (bicyclic) bond motifs is 1. The normalized spacial score (nSPS) is 14.8. The van der Waals surface area contributed by atoms with Crippen LogP contribution in [0.5, 0.6) is 0 Å². The maximum Gasteiger partial charge on any atom is 0.330 e. The standard InChI is InChI=1S/C17H19N3O3/c1-10-5-4-6-11(9-10)14(17(22)23)18-16(21)15-12-7-2-3-8-13(12)19-20-15/h4-6,9,14H,2-3,7-8H2,1H3,(H,18,21)(H,19,20)(H,22,23). The van der Waals surface area contributed by atoms with Gasteiger partial charge in [-0.3, -0.25) is 9.89 Å². The van der Waals surface area contributed by atoms with Crippen molar-refractivity contribution in [3.63, 3.8) is 0 Å². The number of carbonyl (C=O) groups excluding carboxylic acids is 1. The second kappa shape index (κ2) is 6.24. The van der Waals surface area contributed by atoms with Crippen molar-refractivity contribution in [2.45, 2.75) is 38.6 Å². The van der Waals surface area contributed by atoms with Crippen LogP contribution < -0.4 is 5.32 Å². The number of carboxylic acids is 1. The number of nitrogens with zero attached hydrogens (tertiary/aromatic N) is 1. The number of aromatic nitrogens is 2. The van der Waals surface area contributed by atoms with Crippen LogP contribution in [0.25, 0.3) is 0 Å². The summed E-state index contributed by atoms with van der Waals surface area (Å²) in [6.07, 6.45) is 3.79. The Kier molecular flexibility index (Phi) is 4.14. The first-order valence-electron chi connectivity index (χ1n) is 7.72. The van der Waals surface area contributed by atoms with E-state index in [1.54, 1.807) is 18.2 Å². The lowest BCUT2D eigenvalue weighted by Crippen LogP contribution is -2.34. The van der Waals surface area contributed by atoms with Gasteiger partial charge in [0.15, 0.2) is 11.7 Å². The number of carbonyl (C=O) groups is 2. The minimum atomic E-state index is -1.09. The van der Waals surface area contributed by atoms with Gasteiger partial charge in [0.2, 0.25) is 0 Å². The van der Waals surface area contributed by atoms with Crippen LogP contribution in [0.2, 0.25) is 0 Å². The van der Waals surface area contributed by atoms with Crippen molar-refractivity contribution in [2.75, 3.05) is 0 Å². The van der Waals surface area contributed by atoms with E-state index < -0.39 is 17.9 Å². The Bertz CT molecular complexity index is 751. The topological polar surface area (TPSA) is 95.1 Å². The van der Waals surface area contributed by atoms with Gasteiger partial charge >= 0.3 is 5.97 Å². The van der Waals surface area contributed by atoms with Crippen molar-refractivity contribution >= 4 is 11.9 Å². The molecule has 3 N–H and O–H groups in total. The predicted octanol–water partition coefficient (Wildman–Crippen LogP) is 2.15. The molecule has 1 amide bonds. The largest absolute Gasteiger partial charge is 0.479 e. The molecule has 1 aromatic heterocycles. The average Bonchev–Trinajstić information content (AvgIpc) is 2.96. The average molecular weight is 313 g/mol. The molecule has 6 nitrogen and oxygen atoms in total. The van der Waals surface area contributed by atoms with Crippen molar-refractivity contribution in [2.24, 2.45) is 0 Å². The molecule has 0 saturated heterocycles. The van der Waals surface area contributed by atoms with Crippen LogP contribution in [-0.2, 0) is 17.6 Å². The van der Waals surface area contributed by atoms with E-state index in [9.17, 15) is 14.7 Å². The van der Waals surface area contributed by atoms with E-state index >= 15 is 0 Å². The molecule has 6 heteroatoms. The van der Waals surface area contributed by atoms with E-state index in [4.69, 9.17) is 0 Å². The molecule has 0 aliphatic heterocycles. The van der Waals surface area contributed by atoms with Crippen LogP contribution in [-0.4, -0.2) is 27.2 Å². The SMILES string of the molecule is Cc1cccc(C(NC(=O)c2n[nH]c3c2CCCC3)C(=O)O)c1. The number of H-pyrrole nitrogens is 1. The highest BCUT2D eigenvalue weighted by molar-refractivity contribution is 5.96. The lowest BCUT2D eigenvalue weighted by atomic mass is 9.95. The van der Waals surface area contributed by atoms with Gasteiger partial charge in [-0.25, -0.2) is 4.79 Å². The third-order valence-electron chi connectivity index (χ3n) is 4.17. The van der Waals surface area contributed by atoms with Gasteiger partial charge in [0.1, 0.15) is 0 Å². The van der Waals surface area contributed by atoms with Gasteiger partial charge in [0, 0.05) is 11.3 Å². The lowest BCUT2D eigenvalue weighted by molar-refractivity contribution is -0.139. The third kappa shape index (κ3) is 3.11. The van der Waals surface area contributed by atoms with Crippen LogP contribution in [0.1, 0.15) is 51.8 Å². The zero-order valence-electron chi connectivity index (χ0n) is 12.9. The van der Waals surface area contributed by atoms with Crippen molar-refractivity contribution in [3.05, 3.63) is 52.3 Å². The van der Waals surface area contributed by atoms with E-state index in [-0.39, 0.29) is 0 Å². The number of amides is 1. The fraction of sp³-hybridized carbons (Fsp3) is 0.353. The second-order valence-corrected chi connectivity index (χ2v) is 5.90. The van der Waals surface area contributed by atoms with E-state index in [2.05, 4.69) is 15.5 Å². The number of hydrogen-bond acceptors (Lipinski definition) is 3. The molecular weight excluding hydrogens is 294 g/mol. The summed E-state index contributed by atoms with van der Waals surface area (Å²) in [4.78, 5) is 24.1. The number of aryl methyl sites for hydroxylation is 2.